The predicted octanol–water partition coefficient (Wildman–Crippen LogP) is 1.68. The molecular formula is C15H20N4O2. The molecule has 21 heavy (non-hydrogen) atoms. The number of amides is 1. The van der Waals surface area contributed by atoms with Gasteiger partial charge in [0.15, 0.2) is 0 Å². The van der Waals surface area contributed by atoms with Gasteiger partial charge < -0.3 is 20.4 Å². The van der Waals surface area contributed by atoms with Crippen LogP contribution >= 0.6 is 0 Å². The van der Waals surface area contributed by atoms with Gasteiger partial charge in [-0.15, -0.1) is 0 Å². The van der Waals surface area contributed by atoms with Crippen molar-refractivity contribution in [3.8, 4) is 5.75 Å². The summed E-state index contributed by atoms with van der Waals surface area (Å²) >= 11 is 0. The number of imidazole rings is 1. The van der Waals surface area contributed by atoms with Crippen molar-refractivity contribution < 1.29 is 9.53 Å². The molecule has 0 bridgehead atoms. The van der Waals surface area contributed by atoms with E-state index < -0.39 is 0 Å². The van der Waals surface area contributed by atoms with E-state index in [1.54, 1.807) is 30.7 Å². The Morgan fingerprint density at radius 2 is 2.29 bits per heavy atom. The van der Waals surface area contributed by atoms with Gasteiger partial charge in [-0.3, -0.25) is 4.79 Å². The molecule has 0 aliphatic rings. The first-order valence-corrected chi connectivity index (χ1v) is 6.88. The average Bonchev–Trinajstić information content (AvgIpc) is 3.00. The van der Waals surface area contributed by atoms with Gasteiger partial charge in [0.1, 0.15) is 5.75 Å². The van der Waals surface area contributed by atoms with E-state index in [9.17, 15) is 4.79 Å². The van der Waals surface area contributed by atoms with Crippen molar-refractivity contribution in [3.63, 3.8) is 0 Å². The van der Waals surface area contributed by atoms with Gasteiger partial charge in [-0.25, -0.2) is 4.98 Å². The highest BCUT2D eigenvalue weighted by Gasteiger charge is 2.11. The van der Waals surface area contributed by atoms with Gasteiger partial charge in [-0.1, -0.05) is 0 Å². The molecule has 2 aromatic rings. The molecule has 2 rings (SSSR count). The van der Waals surface area contributed by atoms with Crippen molar-refractivity contribution in [2.24, 2.45) is 0 Å². The van der Waals surface area contributed by atoms with E-state index in [0.717, 1.165) is 19.4 Å². The number of hydrogen-bond donors (Lipinski definition) is 2. The molecule has 0 aliphatic carbocycles. The minimum absolute atomic E-state index is 0.165. The number of anilines is 1. The van der Waals surface area contributed by atoms with Gasteiger partial charge in [0.05, 0.1) is 19.0 Å². The summed E-state index contributed by atoms with van der Waals surface area (Å²) in [5.41, 5.74) is 6.71. The number of nitrogens with one attached hydrogen (secondary N) is 1. The predicted molar refractivity (Wildman–Crippen MR) is 81.2 cm³/mol. The smallest absolute Gasteiger partial charge is 0.255 e. The van der Waals surface area contributed by atoms with E-state index in [1.165, 1.54) is 7.11 Å². The van der Waals surface area contributed by atoms with Crippen molar-refractivity contribution in [3.05, 3.63) is 42.5 Å². The number of methoxy groups -OCH3 is 1. The monoisotopic (exact) mass is 288 g/mol. The minimum Gasteiger partial charge on any atom is -0.496 e. The number of aromatic nitrogens is 2. The molecule has 0 atom stereocenters. The first-order valence-electron chi connectivity index (χ1n) is 6.88. The van der Waals surface area contributed by atoms with Crippen molar-refractivity contribution in [1.29, 1.82) is 0 Å². The second-order valence-corrected chi connectivity index (χ2v) is 4.72. The van der Waals surface area contributed by atoms with E-state index in [-0.39, 0.29) is 5.91 Å². The SMILES string of the molecule is COc1ccc(N)cc1C(=O)NCCCCn1ccnc1. The lowest BCUT2D eigenvalue weighted by Gasteiger charge is -2.10. The number of hydrogen-bond acceptors (Lipinski definition) is 4. The Labute approximate surface area is 123 Å². The van der Waals surface area contributed by atoms with Crippen LogP contribution in [0.1, 0.15) is 23.2 Å². The number of nitrogens with two attached hydrogens (primary N) is 1. The molecule has 0 aliphatic heterocycles. The van der Waals surface area contributed by atoms with Gasteiger partial charge in [0, 0.05) is 31.2 Å². The molecular weight excluding hydrogens is 268 g/mol. The van der Waals surface area contributed by atoms with Gasteiger partial charge in [-0.2, -0.15) is 0 Å². The second kappa shape index (κ2) is 7.33. The molecule has 1 aromatic carbocycles. The van der Waals surface area contributed by atoms with Gasteiger partial charge in [-0.05, 0) is 31.0 Å². The normalized spacial score (nSPS) is 10.3. The van der Waals surface area contributed by atoms with Crippen LogP contribution in [0, 0.1) is 0 Å². The molecule has 0 radical (unpaired) electrons. The Morgan fingerprint density at radius 1 is 1.43 bits per heavy atom. The Hall–Kier alpha value is -2.50. The molecule has 1 aromatic heterocycles. The highest BCUT2D eigenvalue weighted by molar-refractivity contribution is 5.97. The lowest BCUT2D eigenvalue weighted by molar-refractivity contribution is 0.0950. The van der Waals surface area contributed by atoms with E-state index in [2.05, 4.69) is 10.3 Å². The molecule has 6 nitrogen and oxygen atoms in total. The topological polar surface area (TPSA) is 82.2 Å². The summed E-state index contributed by atoms with van der Waals surface area (Å²) in [5, 5.41) is 2.88. The number of nitrogen functional groups attached to an aromatic ring is 1. The summed E-state index contributed by atoms with van der Waals surface area (Å²) in [4.78, 5) is 16.1. The minimum atomic E-state index is -0.165. The van der Waals surface area contributed by atoms with Crippen LogP contribution < -0.4 is 15.8 Å². The van der Waals surface area contributed by atoms with Crippen LogP contribution in [0.15, 0.2) is 36.9 Å². The maximum Gasteiger partial charge on any atom is 0.255 e. The van der Waals surface area contributed by atoms with Crippen LogP contribution in [0.5, 0.6) is 5.75 Å². The summed E-state index contributed by atoms with van der Waals surface area (Å²) < 4.78 is 7.19. The van der Waals surface area contributed by atoms with E-state index in [4.69, 9.17) is 10.5 Å². The zero-order chi connectivity index (χ0) is 15.1. The fraction of sp³-hybridized carbons (Fsp3) is 0.333. The molecule has 0 saturated carbocycles. The van der Waals surface area contributed by atoms with Crippen LogP contribution in [-0.4, -0.2) is 29.1 Å². The summed E-state index contributed by atoms with van der Waals surface area (Å²) in [6.07, 6.45) is 7.35. The maximum absolute atomic E-state index is 12.1. The molecule has 3 N–H and O–H groups in total. The van der Waals surface area contributed by atoms with Gasteiger partial charge in [0.2, 0.25) is 0 Å². The molecule has 0 fully saturated rings. The average molecular weight is 288 g/mol. The highest BCUT2D eigenvalue weighted by Crippen LogP contribution is 2.20. The summed E-state index contributed by atoms with van der Waals surface area (Å²) in [7, 11) is 1.54. The number of aryl methyl sites for hydroxylation is 1. The van der Waals surface area contributed by atoms with Crippen molar-refractivity contribution in [1.82, 2.24) is 14.9 Å². The Bertz CT molecular complexity index is 581. The molecule has 1 amide bonds. The first kappa shape index (κ1) is 14.9. The zero-order valence-corrected chi connectivity index (χ0v) is 12.1. The molecule has 1 heterocycles. The number of rotatable bonds is 7. The van der Waals surface area contributed by atoms with Crippen molar-refractivity contribution >= 4 is 11.6 Å². The number of nitrogens with zero attached hydrogens (tertiary/aromatic N) is 2. The maximum atomic E-state index is 12.1. The standard InChI is InChI=1S/C15H20N4O2/c1-21-14-5-4-12(16)10-13(14)15(20)18-6-2-3-8-19-9-7-17-11-19/h4-5,7,9-11H,2-3,6,8,16H2,1H3,(H,18,20). The van der Waals surface area contributed by atoms with Crippen LogP contribution in [-0.2, 0) is 6.54 Å². The number of unbranched alkanes of at least 4 members (excludes halogenated alkanes) is 1. The van der Waals surface area contributed by atoms with Crippen LogP contribution in [0.25, 0.3) is 0 Å². The fourth-order valence-corrected chi connectivity index (χ4v) is 2.04. The summed E-state index contributed by atoms with van der Waals surface area (Å²) in [5.74, 6) is 0.363. The van der Waals surface area contributed by atoms with Crippen LogP contribution in [0.4, 0.5) is 5.69 Å². The largest absolute Gasteiger partial charge is 0.496 e. The number of carbonyl (C=O) groups excluding carboxylic acids is 1. The van der Waals surface area contributed by atoms with E-state index in [1.807, 2.05) is 10.8 Å². The Morgan fingerprint density at radius 3 is 3.00 bits per heavy atom. The molecule has 6 heteroatoms. The quantitative estimate of drug-likeness (QED) is 0.600. The fourth-order valence-electron chi connectivity index (χ4n) is 2.04. The number of carbonyl (C=O) groups is 1. The second-order valence-electron chi connectivity index (χ2n) is 4.72. The van der Waals surface area contributed by atoms with Crippen LogP contribution in [0.3, 0.4) is 0 Å². The third kappa shape index (κ3) is 4.24. The number of ether oxygens (including phenoxy) is 1. The Kier molecular flexibility index (Phi) is 5.20. The lowest BCUT2D eigenvalue weighted by atomic mass is 10.1. The van der Waals surface area contributed by atoms with Gasteiger partial charge in [0.25, 0.3) is 5.91 Å². The lowest BCUT2D eigenvalue weighted by Crippen LogP contribution is -2.25. The summed E-state index contributed by atoms with van der Waals surface area (Å²) in [6, 6.07) is 5.03. The molecule has 112 valence electrons. The van der Waals surface area contributed by atoms with Crippen molar-refractivity contribution in [2.45, 2.75) is 19.4 Å². The van der Waals surface area contributed by atoms with E-state index >= 15 is 0 Å². The highest BCUT2D eigenvalue weighted by atomic mass is 16.5. The summed E-state index contributed by atoms with van der Waals surface area (Å²) in [6.45, 7) is 1.52. The van der Waals surface area contributed by atoms with Crippen LogP contribution in [0.2, 0.25) is 0 Å². The number of benzene rings is 1. The third-order valence-electron chi connectivity index (χ3n) is 3.16. The first-order chi connectivity index (χ1) is 10.2. The van der Waals surface area contributed by atoms with Crippen molar-refractivity contribution in [2.75, 3.05) is 19.4 Å². The van der Waals surface area contributed by atoms with Gasteiger partial charge >= 0.3 is 0 Å². The molecule has 0 unspecified atom stereocenters. The molecule has 0 spiro atoms. The van der Waals surface area contributed by atoms with E-state index in [0.29, 0.717) is 23.5 Å². The zero-order valence-electron chi connectivity index (χ0n) is 12.1. The Balaban J connectivity index is 1.78. The molecule has 0 saturated heterocycles. The third-order valence-corrected chi connectivity index (χ3v) is 3.16.